The number of aromatic nitrogens is 2. The molecule has 4 nitrogen and oxygen atoms in total. The minimum absolute atomic E-state index is 0.443. The van der Waals surface area contributed by atoms with Gasteiger partial charge in [-0.3, -0.25) is 0 Å². The van der Waals surface area contributed by atoms with Crippen molar-refractivity contribution in [1.29, 1.82) is 0 Å². The van der Waals surface area contributed by atoms with Gasteiger partial charge in [0, 0.05) is 30.8 Å². The van der Waals surface area contributed by atoms with Crippen LogP contribution in [0.5, 0.6) is 0 Å². The van der Waals surface area contributed by atoms with Crippen molar-refractivity contribution in [3.05, 3.63) is 60.3 Å². The average Bonchev–Trinajstić information content (AvgIpc) is 3.12. The summed E-state index contributed by atoms with van der Waals surface area (Å²) in [5.41, 5.74) is 2.40. The van der Waals surface area contributed by atoms with Gasteiger partial charge in [0.1, 0.15) is 5.76 Å². The number of furan rings is 1. The number of rotatable bonds is 6. The number of fused-ring (bicyclic) bond motifs is 1. The van der Waals surface area contributed by atoms with Crippen LogP contribution in [0.2, 0.25) is 0 Å². The number of nitrogens with one attached hydrogen (secondary N) is 1. The molecule has 0 aliphatic rings. The first kappa shape index (κ1) is 12.9. The van der Waals surface area contributed by atoms with E-state index in [-0.39, 0.29) is 0 Å². The highest BCUT2D eigenvalue weighted by atomic mass is 16.3. The van der Waals surface area contributed by atoms with E-state index in [0.29, 0.717) is 6.04 Å². The second-order valence-corrected chi connectivity index (χ2v) is 5.10. The lowest BCUT2D eigenvalue weighted by atomic mass is 10.1. The van der Waals surface area contributed by atoms with E-state index >= 15 is 0 Å². The fourth-order valence-electron chi connectivity index (χ4n) is 2.32. The van der Waals surface area contributed by atoms with Crippen LogP contribution in [-0.4, -0.2) is 15.7 Å². The van der Waals surface area contributed by atoms with Crippen LogP contribution in [0, 0.1) is 0 Å². The van der Waals surface area contributed by atoms with E-state index in [1.165, 1.54) is 11.1 Å². The lowest BCUT2D eigenvalue weighted by Crippen LogP contribution is -2.25. The number of pyridine rings is 1. The molecule has 0 aliphatic carbocycles. The Balaban J connectivity index is 1.53. The molecule has 0 saturated heterocycles. The van der Waals surface area contributed by atoms with Crippen molar-refractivity contribution in [2.75, 3.05) is 0 Å². The summed E-state index contributed by atoms with van der Waals surface area (Å²) in [7, 11) is 0. The molecular weight excluding hydrogens is 250 g/mol. The molecule has 104 valence electrons. The molecule has 3 aromatic heterocycles. The van der Waals surface area contributed by atoms with E-state index in [2.05, 4.69) is 23.4 Å². The number of hydrogen-bond acceptors (Lipinski definition) is 3. The quantitative estimate of drug-likeness (QED) is 0.748. The second kappa shape index (κ2) is 5.92. The van der Waals surface area contributed by atoms with E-state index in [1.54, 1.807) is 6.26 Å². The van der Waals surface area contributed by atoms with Crippen molar-refractivity contribution >= 4 is 5.52 Å². The van der Waals surface area contributed by atoms with Gasteiger partial charge in [0.25, 0.3) is 0 Å². The molecule has 0 fully saturated rings. The summed E-state index contributed by atoms with van der Waals surface area (Å²) in [5.74, 6) is 1.05. The summed E-state index contributed by atoms with van der Waals surface area (Å²) >= 11 is 0. The monoisotopic (exact) mass is 269 g/mol. The molecule has 1 unspecified atom stereocenters. The molecule has 0 aromatic carbocycles. The molecule has 1 atom stereocenters. The number of hydrogen-bond donors (Lipinski definition) is 1. The Morgan fingerprint density at radius 1 is 1.30 bits per heavy atom. The molecule has 0 bridgehead atoms. The topological polar surface area (TPSA) is 42.5 Å². The Labute approximate surface area is 118 Å². The molecule has 20 heavy (non-hydrogen) atoms. The van der Waals surface area contributed by atoms with E-state index in [1.807, 2.05) is 41.2 Å². The van der Waals surface area contributed by atoms with Gasteiger partial charge >= 0.3 is 0 Å². The van der Waals surface area contributed by atoms with Gasteiger partial charge in [-0.1, -0.05) is 6.07 Å². The van der Waals surface area contributed by atoms with Crippen molar-refractivity contribution < 1.29 is 4.42 Å². The van der Waals surface area contributed by atoms with Gasteiger partial charge in [0.15, 0.2) is 0 Å². The summed E-state index contributed by atoms with van der Waals surface area (Å²) in [6.07, 6.45) is 7.66. The zero-order valence-electron chi connectivity index (χ0n) is 11.6. The van der Waals surface area contributed by atoms with E-state index in [9.17, 15) is 0 Å². The summed E-state index contributed by atoms with van der Waals surface area (Å²) in [6, 6.07) is 10.5. The molecule has 0 amide bonds. The lowest BCUT2D eigenvalue weighted by molar-refractivity contribution is 0.460. The fourth-order valence-corrected chi connectivity index (χ4v) is 2.32. The molecule has 3 aromatic rings. The van der Waals surface area contributed by atoms with Crippen molar-refractivity contribution in [2.45, 2.75) is 32.4 Å². The zero-order valence-corrected chi connectivity index (χ0v) is 11.6. The molecule has 4 heteroatoms. The summed E-state index contributed by atoms with van der Waals surface area (Å²) in [6.45, 7) is 3.04. The Hall–Kier alpha value is -2.07. The van der Waals surface area contributed by atoms with Crippen LogP contribution in [0.15, 0.2) is 53.4 Å². The molecule has 0 spiro atoms. The van der Waals surface area contributed by atoms with E-state index in [4.69, 9.17) is 4.42 Å². The predicted molar refractivity (Wildman–Crippen MR) is 78.5 cm³/mol. The van der Waals surface area contributed by atoms with Crippen LogP contribution in [-0.2, 0) is 13.0 Å². The normalized spacial score (nSPS) is 12.8. The van der Waals surface area contributed by atoms with Gasteiger partial charge in [-0.05, 0) is 37.6 Å². The summed E-state index contributed by atoms with van der Waals surface area (Å²) in [5, 5.41) is 7.89. The van der Waals surface area contributed by atoms with Crippen molar-refractivity contribution in [3.63, 3.8) is 0 Å². The maximum atomic E-state index is 5.35. The van der Waals surface area contributed by atoms with E-state index in [0.717, 1.165) is 25.1 Å². The SMILES string of the molecule is CC(CCc1ccco1)NCc1cnn2ccccc12. The Morgan fingerprint density at radius 3 is 3.10 bits per heavy atom. The molecule has 3 rings (SSSR count). The first-order chi connectivity index (χ1) is 9.83. The Morgan fingerprint density at radius 2 is 2.25 bits per heavy atom. The van der Waals surface area contributed by atoms with Gasteiger partial charge in [0.2, 0.25) is 0 Å². The third-order valence-corrected chi connectivity index (χ3v) is 3.55. The van der Waals surface area contributed by atoms with Gasteiger partial charge in [-0.25, -0.2) is 4.52 Å². The largest absolute Gasteiger partial charge is 0.469 e. The fraction of sp³-hybridized carbons (Fsp3) is 0.312. The third-order valence-electron chi connectivity index (χ3n) is 3.55. The second-order valence-electron chi connectivity index (χ2n) is 5.10. The van der Waals surface area contributed by atoms with Crippen molar-refractivity contribution in [1.82, 2.24) is 14.9 Å². The molecule has 0 radical (unpaired) electrons. The van der Waals surface area contributed by atoms with Crippen LogP contribution in [0.25, 0.3) is 5.52 Å². The molecule has 0 aliphatic heterocycles. The van der Waals surface area contributed by atoms with Crippen LogP contribution >= 0.6 is 0 Å². The standard InChI is InChI=1S/C16H19N3O/c1-13(7-8-15-5-4-10-20-15)17-11-14-12-18-19-9-3-2-6-16(14)19/h2-6,9-10,12-13,17H,7-8,11H2,1H3. The highest BCUT2D eigenvalue weighted by Crippen LogP contribution is 2.11. The van der Waals surface area contributed by atoms with Crippen LogP contribution in [0.3, 0.4) is 0 Å². The predicted octanol–water partition coefficient (Wildman–Crippen LogP) is 3.04. The van der Waals surface area contributed by atoms with Crippen molar-refractivity contribution in [3.8, 4) is 0 Å². The lowest BCUT2D eigenvalue weighted by Gasteiger charge is -2.12. The van der Waals surface area contributed by atoms with Gasteiger partial charge in [-0.15, -0.1) is 0 Å². The molecule has 1 N–H and O–H groups in total. The maximum absolute atomic E-state index is 5.35. The molecular formula is C16H19N3O. The first-order valence-electron chi connectivity index (χ1n) is 7.00. The first-order valence-corrected chi connectivity index (χ1v) is 7.00. The maximum Gasteiger partial charge on any atom is 0.103 e. The molecule has 3 heterocycles. The van der Waals surface area contributed by atoms with Crippen LogP contribution in [0.1, 0.15) is 24.7 Å². The highest BCUT2D eigenvalue weighted by Gasteiger charge is 2.07. The number of nitrogens with zero attached hydrogens (tertiary/aromatic N) is 2. The van der Waals surface area contributed by atoms with Gasteiger partial charge in [-0.2, -0.15) is 5.10 Å². The highest BCUT2D eigenvalue weighted by molar-refractivity contribution is 5.53. The third kappa shape index (κ3) is 2.91. The number of aryl methyl sites for hydroxylation is 1. The minimum atomic E-state index is 0.443. The Kier molecular flexibility index (Phi) is 3.83. The average molecular weight is 269 g/mol. The zero-order chi connectivity index (χ0) is 13.8. The molecule has 0 saturated carbocycles. The smallest absolute Gasteiger partial charge is 0.103 e. The summed E-state index contributed by atoms with van der Waals surface area (Å²) in [4.78, 5) is 0. The van der Waals surface area contributed by atoms with Gasteiger partial charge < -0.3 is 9.73 Å². The minimum Gasteiger partial charge on any atom is -0.469 e. The Bertz CT molecular complexity index is 657. The summed E-state index contributed by atoms with van der Waals surface area (Å²) < 4.78 is 7.26. The van der Waals surface area contributed by atoms with Crippen molar-refractivity contribution in [2.24, 2.45) is 0 Å². The van der Waals surface area contributed by atoms with Crippen LogP contribution in [0.4, 0.5) is 0 Å². The van der Waals surface area contributed by atoms with Crippen LogP contribution < -0.4 is 5.32 Å². The van der Waals surface area contributed by atoms with Gasteiger partial charge in [0.05, 0.1) is 18.0 Å². The van der Waals surface area contributed by atoms with E-state index < -0.39 is 0 Å².